The molecule has 0 atom stereocenters. The lowest BCUT2D eigenvalue weighted by atomic mass is 10.1. The van der Waals surface area contributed by atoms with Gasteiger partial charge in [0.1, 0.15) is 0 Å². The molecule has 1 aromatic carbocycles. The van der Waals surface area contributed by atoms with Gasteiger partial charge in [-0.1, -0.05) is 11.6 Å². The number of carbonyl (C=O) groups is 3. The van der Waals surface area contributed by atoms with Crippen molar-refractivity contribution in [2.75, 3.05) is 18.0 Å². The summed E-state index contributed by atoms with van der Waals surface area (Å²) in [6.45, 7) is 4.57. The summed E-state index contributed by atoms with van der Waals surface area (Å²) in [6, 6.07) is 4.92. The second kappa shape index (κ2) is 8.15. The second-order valence-electron chi connectivity index (χ2n) is 6.04. The molecule has 1 saturated heterocycles. The van der Waals surface area contributed by atoms with Crippen molar-refractivity contribution in [1.82, 2.24) is 10.6 Å². The predicted octanol–water partition coefficient (Wildman–Crippen LogP) is 2.11. The van der Waals surface area contributed by atoms with E-state index >= 15 is 0 Å². The van der Waals surface area contributed by atoms with Crippen LogP contribution in [0.25, 0.3) is 0 Å². The highest BCUT2D eigenvalue weighted by Crippen LogP contribution is 2.28. The lowest BCUT2D eigenvalue weighted by molar-refractivity contribution is -0.121. The number of rotatable bonds is 6. The zero-order valence-corrected chi connectivity index (χ0v) is 14.7. The fraction of sp³-hybridized carbons (Fsp3) is 0.471. The minimum atomic E-state index is -0.321. The van der Waals surface area contributed by atoms with Crippen LogP contribution in [0.1, 0.15) is 43.5 Å². The Bertz CT molecular complexity index is 646. The normalized spacial score (nSPS) is 14.2. The van der Waals surface area contributed by atoms with Gasteiger partial charge < -0.3 is 15.5 Å². The van der Waals surface area contributed by atoms with Crippen LogP contribution in [0.5, 0.6) is 0 Å². The van der Waals surface area contributed by atoms with Gasteiger partial charge in [0, 0.05) is 37.0 Å². The summed E-state index contributed by atoms with van der Waals surface area (Å²) < 4.78 is 0. The topological polar surface area (TPSA) is 78.5 Å². The van der Waals surface area contributed by atoms with Crippen LogP contribution in [-0.4, -0.2) is 36.9 Å². The molecular formula is C17H22ClN3O3. The van der Waals surface area contributed by atoms with Crippen molar-refractivity contribution in [3.05, 3.63) is 28.8 Å². The van der Waals surface area contributed by atoms with Gasteiger partial charge in [0.05, 0.1) is 11.3 Å². The molecule has 3 amide bonds. The Morgan fingerprint density at radius 3 is 2.71 bits per heavy atom. The van der Waals surface area contributed by atoms with Gasteiger partial charge in [-0.05, 0) is 38.5 Å². The molecule has 7 heteroatoms. The number of nitrogens with zero attached hydrogens (tertiary/aromatic N) is 1. The van der Waals surface area contributed by atoms with Crippen LogP contribution < -0.4 is 15.5 Å². The number of hydrogen-bond donors (Lipinski definition) is 2. The summed E-state index contributed by atoms with van der Waals surface area (Å²) in [7, 11) is 0. The third-order valence-electron chi connectivity index (χ3n) is 3.66. The van der Waals surface area contributed by atoms with E-state index in [9.17, 15) is 14.4 Å². The molecule has 1 heterocycles. The average Bonchev–Trinajstić information content (AvgIpc) is 2.92. The third kappa shape index (κ3) is 4.71. The number of anilines is 1. The Balaban J connectivity index is 2.04. The van der Waals surface area contributed by atoms with Crippen LogP contribution in [0.2, 0.25) is 5.02 Å². The largest absolute Gasteiger partial charge is 0.354 e. The van der Waals surface area contributed by atoms with Crippen LogP contribution in [0.4, 0.5) is 5.69 Å². The summed E-state index contributed by atoms with van der Waals surface area (Å²) >= 11 is 6.02. The molecule has 1 fully saturated rings. The standard InChI is InChI=1S/C17H22ClN3O3/c1-11(2)20-15(22)7-8-19-17(24)13-6-5-12(18)10-14(13)21-9-3-4-16(21)23/h5-6,10-11H,3-4,7-9H2,1-2H3,(H,19,24)(H,20,22). The Labute approximate surface area is 146 Å². The van der Waals surface area contributed by atoms with E-state index in [0.29, 0.717) is 29.2 Å². The highest BCUT2D eigenvalue weighted by atomic mass is 35.5. The van der Waals surface area contributed by atoms with E-state index in [1.54, 1.807) is 23.1 Å². The number of nitrogens with one attached hydrogen (secondary N) is 2. The van der Waals surface area contributed by atoms with Crippen LogP contribution in [0.3, 0.4) is 0 Å². The first-order valence-corrected chi connectivity index (χ1v) is 8.43. The fourth-order valence-corrected chi connectivity index (χ4v) is 2.77. The van der Waals surface area contributed by atoms with Crippen molar-refractivity contribution in [2.24, 2.45) is 0 Å². The van der Waals surface area contributed by atoms with E-state index in [-0.39, 0.29) is 36.7 Å². The first-order valence-electron chi connectivity index (χ1n) is 8.06. The van der Waals surface area contributed by atoms with Crippen LogP contribution in [-0.2, 0) is 9.59 Å². The number of hydrogen-bond acceptors (Lipinski definition) is 3. The van der Waals surface area contributed by atoms with E-state index in [2.05, 4.69) is 10.6 Å². The number of carbonyl (C=O) groups excluding carboxylic acids is 3. The van der Waals surface area contributed by atoms with Gasteiger partial charge >= 0.3 is 0 Å². The minimum Gasteiger partial charge on any atom is -0.354 e. The molecule has 1 aromatic rings. The Morgan fingerprint density at radius 1 is 1.33 bits per heavy atom. The molecule has 0 saturated carbocycles. The molecule has 0 aromatic heterocycles. The Kier molecular flexibility index (Phi) is 6.20. The molecule has 6 nitrogen and oxygen atoms in total. The molecule has 1 aliphatic heterocycles. The minimum absolute atomic E-state index is 0.0115. The maximum Gasteiger partial charge on any atom is 0.253 e. The van der Waals surface area contributed by atoms with Gasteiger partial charge in [-0.3, -0.25) is 14.4 Å². The first kappa shape index (κ1) is 18.3. The van der Waals surface area contributed by atoms with E-state index in [4.69, 9.17) is 11.6 Å². The monoisotopic (exact) mass is 351 g/mol. The molecule has 0 radical (unpaired) electrons. The fourth-order valence-electron chi connectivity index (χ4n) is 2.60. The number of halogens is 1. The molecule has 2 rings (SSSR count). The Morgan fingerprint density at radius 2 is 2.08 bits per heavy atom. The van der Waals surface area contributed by atoms with Gasteiger partial charge in [0.15, 0.2) is 0 Å². The lowest BCUT2D eigenvalue weighted by Gasteiger charge is -2.19. The zero-order chi connectivity index (χ0) is 17.7. The summed E-state index contributed by atoms with van der Waals surface area (Å²) in [5, 5.41) is 5.96. The van der Waals surface area contributed by atoms with Crippen LogP contribution >= 0.6 is 11.6 Å². The van der Waals surface area contributed by atoms with Crippen molar-refractivity contribution in [1.29, 1.82) is 0 Å². The third-order valence-corrected chi connectivity index (χ3v) is 3.89. The molecule has 130 valence electrons. The molecule has 1 aliphatic rings. The Hall–Kier alpha value is -2.08. The number of amides is 3. The molecule has 0 unspecified atom stereocenters. The van der Waals surface area contributed by atoms with Gasteiger partial charge in [-0.2, -0.15) is 0 Å². The van der Waals surface area contributed by atoms with Crippen molar-refractivity contribution in [3.63, 3.8) is 0 Å². The van der Waals surface area contributed by atoms with E-state index in [1.165, 1.54) is 0 Å². The maximum absolute atomic E-state index is 12.4. The molecule has 0 aliphatic carbocycles. The van der Waals surface area contributed by atoms with Crippen LogP contribution in [0.15, 0.2) is 18.2 Å². The van der Waals surface area contributed by atoms with E-state index in [0.717, 1.165) is 6.42 Å². The van der Waals surface area contributed by atoms with E-state index < -0.39 is 0 Å². The average molecular weight is 352 g/mol. The summed E-state index contributed by atoms with van der Waals surface area (Å²) in [5.74, 6) is -0.447. The molecular weight excluding hydrogens is 330 g/mol. The van der Waals surface area contributed by atoms with Crippen molar-refractivity contribution in [3.8, 4) is 0 Å². The summed E-state index contributed by atoms with van der Waals surface area (Å²) in [6.07, 6.45) is 1.44. The maximum atomic E-state index is 12.4. The number of benzene rings is 1. The van der Waals surface area contributed by atoms with Gasteiger partial charge in [-0.25, -0.2) is 0 Å². The second-order valence-corrected chi connectivity index (χ2v) is 6.47. The predicted molar refractivity (Wildman–Crippen MR) is 93.3 cm³/mol. The first-order chi connectivity index (χ1) is 11.4. The van der Waals surface area contributed by atoms with Crippen molar-refractivity contribution >= 4 is 35.0 Å². The van der Waals surface area contributed by atoms with Gasteiger partial charge in [0.2, 0.25) is 11.8 Å². The van der Waals surface area contributed by atoms with E-state index in [1.807, 2.05) is 13.8 Å². The SMILES string of the molecule is CC(C)NC(=O)CCNC(=O)c1ccc(Cl)cc1N1CCCC1=O. The zero-order valence-electron chi connectivity index (χ0n) is 13.9. The molecule has 24 heavy (non-hydrogen) atoms. The molecule has 0 spiro atoms. The summed E-state index contributed by atoms with van der Waals surface area (Å²) in [5.41, 5.74) is 0.910. The highest BCUT2D eigenvalue weighted by molar-refractivity contribution is 6.31. The molecule has 2 N–H and O–H groups in total. The lowest BCUT2D eigenvalue weighted by Crippen LogP contribution is -2.34. The smallest absolute Gasteiger partial charge is 0.253 e. The van der Waals surface area contributed by atoms with Crippen LogP contribution in [0, 0.1) is 0 Å². The summed E-state index contributed by atoms with van der Waals surface area (Å²) in [4.78, 5) is 37.6. The molecule has 0 bridgehead atoms. The quantitative estimate of drug-likeness (QED) is 0.824. The van der Waals surface area contributed by atoms with Crippen molar-refractivity contribution < 1.29 is 14.4 Å². The highest BCUT2D eigenvalue weighted by Gasteiger charge is 2.26. The van der Waals surface area contributed by atoms with Gasteiger partial charge in [-0.15, -0.1) is 0 Å². The van der Waals surface area contributed by atoms with Crippen molar-refractivity contribution in [2.45, 2.75) is 39.2 Å². The van der Waals surface area contributed by atoms with Gasteiger partial charge in [0.25, 0.3) is 5.91 Å².